The predicted molar refractivity (Wildman–Crippen MR) is 87.4 cm³/mol. The molecular weight excluding hydrogens is 327 g/mol. The second-order valence-corrected chi connectivity index (χ2v) is 5.95. The molecule has 2 heterocycles. The number of carbonyl (C=O) groups is 2. The van der Waals surface area contributed by atoms with Gasteiger partial charge in [0.1, 0.15) is 12.4 Å². The average Bonchev–Trinajstić information content (AvgIpc) is 3.06. The van der Waals surface area contributed by atoms with Crippen LogP contribution in [0, 0.1) is 5.82 Å². The van der Waals surface area contributed by atoms with Crippen molar-refractivity contribution >= 4 is 11.9 Å². The molecule has 0 atom stereocenters. The largest absolute Gasteiger partial charge is 0.476 e. The third kappa shape index (κ3) is 4.21. The first-order chi connectivity index (χ1) is 12.0. The molecule has 1 saturated heterocycles. The molecule has 1 aliphatic rings. The Morgan fingerprint density at radius 2 is 1.84 bits per heavy atom. The first-order valence-electron chi connectivity index (χ1n) is 8.03. The molecule has 0 spiro atoms. The Bertz CT molecular complexity index is 769. The normalized spacial score (nSPS) is 15.3. The maximum absolute atomic E-state index is 13.7. The Morgan fingerprint density at radius 3 is 2.48 bits per heavy atom. The molecule has 0 radical (unpaired) electrons. The monoisotopic (exact) mass is 346 g/mol. The number of piperazine rings is 1. The van der Waals surface area contributed by atoms with Crippen LogP contribution in [0.25, 0.3) is 0 Å². The second-order valence-electron chi connectivity index (χ2n) is 5.95. The molecule has 1 fully saturated rings. The van der Waals surface area contributed by atoms with Gasteiger partial charge in [0.25, 0.3) is 0 Å². The number of hydrogen-bond acceptors (Lipinski definition) is 4. The van der Waals surface area contributed by atoms with Crippen molar-refractivity contribution in [1.82, 2.24) is 19.6 Å². The minimum atomic E-state index is -1.12. The van der Waals surface area contributed by atoms with E-state index in [4.69, 9.17) is 5.11 Å². The maximum Gasteiger partial charge on any atom is 0.356 e. The molecule has 1 aliphatic heterocycles. The summed E-state index contributed by atoms with van der Waals surface area (Å²) in [7, 11) is 0. The minimum Gasteiger partial charge on any atom is -0.476 e. The van der Waals surface area contributed by atoms with Crippen molar-refractivity contribution in [2.45, 2.75) is 13.1 Å². The lowest BCUT2D eigenvalue weighted by Gasteiger charge is -2.34. The Balaban J connectivity index is 1.50. The number of nitrogens with zero attached hydrogens (tertiary/aromatic N) is 4. The number of halogens is 1. The Kier molecular flexibility index (Phi) is 5.08. The highest BCUT2D eigenvalue weighted by molar-refractivity contribution is 5.85. The van der Waals surface area contributed by atoms with E-state index in [9.17, 15) is 14.0 Å². The van der Waals surface area contributed by atoms with Crippen molar-refractivity contribution in [3.05, 3.63) is 53.6 Å². The predicted octanol–water partition coefficient (Wildman–Crippen LogP) is 1.06. The zero-order valence-corrected chi connectivity index (χ0v) is 13.6. The van der Waals surface area contributed by atoms with E-state index in [-0.39, 0.29) is 24.0 Å². The number of aromatic nitrogens is 2. The topological polar surface area (TPSA) is 78.7 Å². The van der Waals surface area contributed by atoms with Crippen LogP contribution < -0.4 is 0 Å². The number of carboxylic acids is 1. The molecule has 0 saturated carbocycles. The number of benzene rings is 1. The van der Waals surface area contributed by atoms with Gasteiger partial charge in [0, 0.05) is 44.5 Å². The van der Waals surface area contributed by atoms with Gasteiger partial charge in [-0.1, -0.05) is 18.2 Å². The first-order valence-corrected chi connectivity index (χ1v) is 8.03. The summed E-state index contributed by atoms with van der Waals surface area (Å²) in [4.78, 5) is 26.9. The Labute approximate surface area is 144 Å². The molecule has 2 aromatic rings. The fourth-order valence-electron chi connectivity index (χ4n) is 2.83. The van der Waals surface area contributed by atoms with E-state index in [1.807, 2.05) is 6.07 Å². The molecule has 1 aromatic heterocycles. The van der Waals surface area contributed by atoms with Crippen LogP contribution >= 0.6 is 0 Å². The first kappa shape index (κ1) is 17.1. The summed E-state index contributed by atoms with van der Waals surface area (Å²) in [6, 6.07) is 8.06. The number of aromatic carboxylic acids is 1. The average molecular weight is 346 g/mol. The van der Waals surface area contributed by atoms with E-state index in [1.165, 1.54) is 23.0 Å². The van der Waals surface area contributed by atoms with E-state index in [0.29, 0.717) is 38.3 Å². The van der Waals surface area contributed by atoms with Crippen LogP contribution in [0.15, 0.2) is 36.5 Å². The SMILES string of the molecule is O=C(O)c1ccn(CC(=O)N2CCN(Cc3ccccc3F)CC2)n1. The number of hydrogen-bond donors (Lipinski definition) is 1. The van der Waals surface area contributed by atoms with Crippen LogP contribution in [0.2, 0.25) is 0 Å². The molecule has 1 amide bonds. The lowest BCUT2D eigenvalue weighted by molar-refractivity contribution is -0.133. The van der Waals surface area contributed by atoms with Crippen LogP contribution in [0.4, 0.5) is 4.39 Å². The lowest BCUT2D eigenvalue weighted by atomic mass is 10.2. The van der Waals surface area contributed by atoms with E-state index >= 15 is 0 Å². The van der Waals surface area contributed by atoms with Crippen LogP contribution in [0.5, 0.6) is 0 Å². The number of amides is 1. The van der Waals surface area contributed by atoms with Crippen molar-refractivity contribution < 1.29 is 19.1 Å². The van der Waals surface area contributed by atoms with Crippen molar-refractivity contribution in [1.29, 1.82) is 0 Å². The molecule has 8 heteroatoms. The van der Waals surface area contributed by atoms with Gasteiger partial charge in [-0.2, -0.15) is 5.10 Å². The van der Waals surface area contributed by atoms with Crippen molar-refractivity contribution in [2.24, 2.45) is 0 Å². The fraction of sp³-hybridized carbons (Fsp3) is 0.353. The number of rotatable bonds is 5. The highest BCUT2D eigenvalue weighted by Crippen LogP contribution is 2.12. The summed E-state index contributed by atoms with van der Waals surface area (Å²) in [6.45, 7) is 2.98. The lowest BCUT2D eigenvalue weighted by Crippen LogP contribution is -2.49. The van der Waals surface area contributed by atoms with Gasteiger partial charge in [-0.05, 0) is 12.1 Å². The minimum absolute atomic E-state index is 0.0145. The van der Waals surface area contributed by atoms with Gasteiger partial charge in [0.2, 0.25) is 5.91 Å². The highest BCUT2D eigenvalue weighted by atomic mass is 19.1. The molecule has 25 heavy (non-hydrogen) atoms. The molecule has 3 rings (SSSR count). The molecule has 0 aliphatic carbocycles. The molecular formula is C17H19FN4O3. The molecule has 0 unspecified atom stereocenters. The van der Waals surface area contributed by atoms with E-state index in [0.717, 1.165) is 0 Å². The third-order valence-corrected chi connectivity index (χ3v) is 4.23. The smallest absolute Gasteiger partial charge is 0.356 e. The quantitative estimate of drug-likeness (QED) is 0.876. The van der Waals surface area contributed by atoms with Gasteiger partial charge in [0.15, 0.2) is 5.69 Å². The van der Waals surface area contributed by atoms with Crippen LogP contribution in [-0.2, 0) is 17.9 Å². The van der Waals surface area contributed by atoms with E-state index < -0.39 is 5.97 Å². The van der Waals surface area contributed by atoms with E-state index in [2.05, 4.69) is 10.00 Å². The summed E-state index contributed by atoms with van der Waals surface area (Å²) in [5.74, 6) is -1.44. The zero-order valence-electron chi connectivity index (χ0n) is 13.6. The molecule has 1 N–H and O–H groups in total. The van der Waals surface area contributed by atoms with E-state index in [1.54, 1.807) is 17.0 Å². The molecule has 132 valence electrons. The van der Waals surface area contributed by atoms with Crippen LogP contribution in [0.3, 0.4) is 0 Å². The summed E-state index contributed by atoms with van der Waals surface area (Å²) in [6.07, 6.45) is 1.48. The standard InChI is InChI=1S/C17H19FN4O3/c18-14-4-2-1-3-13(14)11-20-7-9-21(10-8-20)16(23)12-22-6-5-15(19-22)17(24)25/h1-6H,7-12H2,(H,24,25). The molecule has 1 aromatic carbocycles. The fourth-order valence-corrected chi connectivity index (χ4v) is 2.83. The number of carboxylic acid groups (broad SMARTS) is 1. The third-order valence-electron chi connectivity index (χ3n) is 4.23. The second kappa shape index (κ2) is 7.43. The van der Waals surface area contributed by atoms with Crippen molar-refractivity contribution in [3.8, 4) is 0 Å². The Hall–Kier alpha value is -2.74. The van der Waals surface area contributed by atoms with Gasteiger partial charge in [-0.15, -0.1) is 0 Å². The van der Waals surface area contributed by atoms with Gasteiger partial charge < -0.3 is 10.0 Å². The summed E-state index contributed by atoms with van der Waals surface area (Å²) < 4.78 is 15.0. The summed E-state index contributed by atoms with van der Waals surface area (Å²) in [5, 5.41) is 12.7. The summed E-state index contributed by atoms with van der Waals surface area (Å²) >= 11 is 0. The Morgan fingerprint density at radius 1 is 1.12 bits per heavy atom. The zero-order chi connectivity index (χ0) is 17.8. The molecule has 7 nitrogen and oxygen atoms in total. The highest BCUT2D eigenvalue weighted by Gasteiger charge is 2.22. The maximum atomic E-state index is 13.7. The van der Waals surface area contributed by atoms with Crippen molar-refractivity contribution in [2.75, 3.05) is 26.2 Å². The van der Waals surface area contributed by atoms with Crippen molar-refractivity contribution in [3.63, 3.8) is 0 Å². The van der Waals surface area contributed by atoms with Crippen LogP contribution in [-0.4, -0.2) is 62.7 Å². The van der Waals surface area contributed by atoms with Gasteiger partial charge in [-0.25, -0.2) is 9.18 Å². The van der Waals surface area contributed by atoms with Gasteiger partial charge >= 0.3 is 5.97 Å². The van der Waals surface area contributed by atoms with Gasteiger partial charge in [0.05, 0.1) is 0 Å². The summed E-state index contributed by atoms with van der Waals surface area (Å²) in [5.41, 5.74) is 0.572. The van der Waals surface area contributed by atoms with Crippen LogP contribution in [0.1, 0.15) is 16.1 Å². The molecule has 0 bridgehead atoms. The van der Waals surface area contributed by atoms with Gasteiger partial charge in [-0.3, -0.25) is 14.4 Å². The number of carbonyl (C=O) groups excluding carboxylic acids is 1.